The van der Waals surface area contributed by atoms with E-state index < -0.39 is 24.3 Å². The number of aromatic nitrogens is 2. The molecule has 0 unspecified atom stereocenters. The fourth-order valence-electron chi connectivity index (χ4n) is 1.03. The van der Waals surface area contributed by atoms with Crippen molar-refractivity contribution in [1.82, 2.24) is 9.55 Å². The van der Waals surface area contributed by atoms with Gasteiger partial charge in [-0.3, -0.25) is 14.3 Å². The van der Waals surface area contributed by atoms with Gasteiger partial charge >= 0.3 is 5.69 Å². The molecule has 0 atom stereocenters. The number of hydrogen-bond acceptors (Lipinski definition) is 3. The molecular weight excluding hydrogens is 246 g/mol. The summed E-state index contributed by atoms with van der Waals surface area (Å²) in [6.07, 6.45) is -2.57. The van der Waals surface area contributed by atoms with Crippen LogP contribution in [0.3, 0.4) is 0 Å². The molecule has 0 saturated carbocycles. The van der Waals surface area contributed by atoms with Crippen LogP contribution in [-0.4, -0.2) is 29.2 Å². The van der Waals surface area contributed by atoms with Crippen LogP contribution in [0.2, 0.25) is 5.15 Å². The van der Waals surface area contributed by atoms with Gasteiger partial charge in [-0.05, 0) is 0 Å². The average Bonchev–Trinajstić information content (AvgIpc) is 2.14. The summed E-state index contributed by atoms with van der Waals surface area (Å²) in [6.45, 7) is -0.965. The van der Waals surface area contributed by atoms with Crippen LogP contribution >= 0.6 is 11.6 Å². The van der Waals surface area contributed by atoms with Gasteiger partial charge in [0, 0.05) is 6.07 Å². The highest BCUT2D eigenvalue weighted by Crippen LogP contribution is 1.94. The number of nitrogens with one attached hydrogen (secondary N) is 1. The molecule has 0 aliphatic rings. The number of nitrogens with zero attached hydrogens (tertiary/aromatic N) is 1. The zero-order valence-electron chi connectivity index (χ0n) is 8.08. The third-order valence-electron chi connectivity index (χ3n) is 1.69. The summed E-state index contributed by atoms with van der Waals surface area (Å²) >= 11 is 5.43. The molecule has 0 saturated heterocycles. The molecule has 0 spiro atoms. The Morgan fingerprint density at radius 3 is 2.75 bits per heavy atom. The van der Waals surface area contributed by atoms with E-state index in [4.69, 9.17) is 11.6 Å². The lowest BCUT2D eigenvalue weighted by Gasteiger charge is -2.05. The summed E-state index contributed by atoms with van der Waals surface area (Å²) in [6, 6.07) is 1.02. The first kappa shape index (κ1) is 12.9. The van der Waals surface area contributed by atoms with Crippen LogP contribution in [0.1, 0.15) is 0 Å². The number of alkyl halides is 2. The molecule has 1 heterocycles. The highest BCUT2D eigenvalue weighted by Gasteiger charge is 2.05. The Labute approximate surface area is 93.6 Å². The maximum atomic E-state index is 11.7. The SMILES string of the molecule is O=c1cc(Cl)[nH]c(=O)n1CCOCC(F)F. The predicted octanol–water partition coefficient (Wildman–Crippen LogP) is 0.472. The van der Waals surface area contributed by atoms with Gasteiger partial charge < -0.3 is 4.74 Å². The number of H-pyrrole nitrogens is 1. The molecule has 1 N–H and O–H groups in total. The van der Waals surface area contributed by atoms with E-state index in [1.807, 2.05) is 0 Å². The highest BCUT2D eigenvalue weighted by atomic mass is 35.5. The van der Waals surface area contributed by atoms with Gasteiger partial charge in [0.15, 0.2) is 0 Å². The molecule has 16 heavy (non-hydrogen) atoms. The number of ether oxygens (including phenoxy) is 1. The Bertz CT molecular complexity index is 426. The molecule has 1 rings (SSSR count). The number of aromatic amines is 1. The average molecular weight is 255 g/mol. The van der Waals surface area contributed by atoms with E-state index in [2.05, 4.69) is 9.72 Å². The van der Waals surface area contributed by atoms with Crippen LogP contribution in [0, 0.1) is 0 Å². The molecule has 0 fully saturated rings. The Morgan fingerprint density at radius 2 is 2.19 bits per heavy atom. The van der Waals surface area contributed by atoms with Gasteiger partial charge in [0.05, 0.1) is 13.2 Å². The summed E-state index contributed by atoms with van der Waals surface area (Å²) in [5, 5.41) is -0.0697. The first-order valence-corrected chi connectivity index (χ1v) is 4.74. The summed E-state index contributed by atoms with van der Waals surface area (Å²) in [5.41, 5.74) is -1.30. The lowest BCUT2D eigenvalue weighted by Crippen LogP contribution is -2.35. The van der Waals surface area contributed by atoms with Crippen molar-refractivity contribution >= 4 is 11.6 Å². The van der Waals surface area contributed by atoms with Crippen molar-refractivity contribution in [2.24, 2.45) is 0 Å². The van der Waals surface area contributed by atoms with Gasteiger partial charge in [0.25, 0.3) is 12.0 Å². The van der Waals surface area contributed by atoms with Gasteiger partial charge in [-0.15, -0.1) is 0 Å². The molecule has 0 radical (unpaired) electrons. The zero-order chi connectivity index (χ0) is 12.1. The second-order valence-electron chi connectivity index (χ2n) is 2.88. The van der Waals surface area contributed by atoms with Crippen molar-refractivity contribution < 1.29 is 13.5 Å². The lowest BCUT2D eigenvalue weighted by atomic mass is 10.6. The first-order valence-electron chi connectivity index (χ1n) is 4.36. The van der Waals surface area contributed by atoms with Crippen molar-refractivity contribution in [2.75, 3.05) is 13.2 Å². The van der Waals surface area contributed by atoms with Crippen molar-refractivity contribution in [3.8, 4) is 0 Å². The minimum atomic E-state index is -2.57. The molecular formula is C8H9ClF2N2O3. The Kier molecular flexibility index (Phi) is 4.63. The Balaban J connectivity index is 2.61. The van der Waals surface area contributed by atoms with Gasteiger partial charge in [0.1, 0.15) is 11.8 Å². The van der Waals surface area contributed by atoms with Crippen LogP contribution in [0.15, 0.2) is 15.7 Å². The molecule has 5 nitrogen and oxygen atoms in total. The quantitative estimate of drug-likeness (QED) is 0.614. The maximum Gasteiger partial charge on any atom is 0.329 e. The monoisotopic (exact) mass is 254 g/mol. The first-order chi connectivity index (χ1) is 7.50. The summed E-state index contributed by atoms with van der Waals surface area (Å²) in [4.78, 5) is 24.7. The maximum absolute atomic E-state index is 11.7. The van der Waals surface area contributed by atoms with Crippen molar-refractivity contribution in [1.29, 1.82) is 0 Å². The number of halogens is 3. The molecule has 0 amide bonds. The largest absolute Gasteiger partial charge is 0.374 e. The summed E-state index contributed by atoms with van der Waals surface area (Å²) < 4.78 is 28.7. The second kappa shape index (κ2) is 5.76. The number of hydrogen-bond donors (Lipinski definition) is 1. The molecule has 0 aliphatic carbocycles. The molecule has 0 bridgehead atoms. The van der Waals surface area contributed by atoms with Crippen LogP contribution in [0.25, 0.3) is 0 Å². The number of rotatable bonds is 5. The van der Waals surface area contributed by atoms with Crippen LogP contribution < -0.4 is 11.2 Å². The minimum Gasteiger partial charge on any atom is -0.374 e. The van der Waals surface area contributed by atoms with Crippen molar-refractivity contribution in [2.45, 2.75) is 13.0 Å². The third-order valence-corrected chi connectivity index (χ3v) is 1.89. The van der Waals surface area contributed by atoms with Crippen molar-refractivity contribution in [3.05, 3.63) is 32.1 Å². The van der Waals surface area contributed by atoms with E-state index >= 15 is 0 Å². The normalized spacial score (nSPS) is 11.0. The van der Waals surface area contributed by atoms with E-state index in [1.54, 1.807) is 0 Å². The van der Waals surface area contributed by atoms with Gasteiger partial charge in [0.2, 0.25) is 0 Å². The fourth-order valence-corrected chi connectivity index (χ4v) is 1.21. The van der Waals surface area contributed by atoms with Gasteiger partial charge in [-0.2, -0.15) is 0 Å². The van der Waals surface area contributed by atoms with Crippen molar-refractivity contribution in [3.63, 3.8) is 0 Å². The topological polar surface area (TPSA) is 64.1 Å². The Hall–Kier alpha value is -1.21. The van der Waals surface area contributed by atoms with Gasteiger partial charge in [-0.1, -0.05) is 11.6 Å². The Morgan fingerprint density at radius 1 is 1.50 bits per heavy atom. The lowest BCUT2D eigenvalue weighted by molar-refractivity contribution is 0.0143. The molecule has 1 aromatic heterocycles. The van der Waals surface area contributed by atoms with E-state index in [0.29, 0.717) is 0 Å². The van der Waals surface area contributed by atoms with E-state index in [1.165, 1.54) is 0 Å². The van der Waals surface area contributed by atoms with E-state index in [9.17, 15) is 18.4 Å². The van der Waals surface area contributed by atoms with E-state index in [0.717, 1.165) is 10.6 Å². The minimum absolute atomic E-state index is 0.0697. The second-order valence-corrected chi connectivity index (χ2v) is 3.29. The summed E-state index contributed by atoms with van der Waals surface area (Å²) in [7, 11) is 0. The molecule has 90 valence electrons. The van der Waals surface area contributed by atoms with Crippen LogP contribution in [-0.2, 0) is 11.3 Å². The molecule has 0 aliphatic heterocycles. The van der Waals surface area contributed by atoms with E-state index in [-0.39, 0.29) is 18.3 Å². The molecule has 0 aromatic carbocycles. The summed E-state index contributed by atoms with van der Waals surface area (Å²) in [5.74, 6) is 0. The highest BCUT2D eigenvalue weighted by molar-refractivity contribution is 6.29. The zero-order valence-corrected chi connectivity index (χ0v) is 8.84. The molecule has 8 heteroatoms. The van der Waals surface area contributed by atoms with Crippen LogP contribution in [0.4, 0.5) is 8.78 Å². The van der Waals surface area contributed by atoms with Gasteiger partial charge in [-0.25, -0.2) is 13.6 Å². The standard InChI is InChI=1S/C8H9ClF2N2O3/c9-5-3-7(14)13(8(15)12-5)1-2-16-4-6(10)11/h3,6H,1-2,4H2,(H,12,15). The predicted molar refractivity (Wildman–Crippen MR) is 53.2 cm³/mol. The molecule has 1 aromatic rings. The fraction of sp³-hybridized carbons (Fsp3) is 0.500. The third kappa shape index (κ3) is 3.74. The smallest absolute Gasteiger partial charge is 0.329 e. The van der Waals surface area contributed by atoms with Crippen LogP contribution in [0.5, 0.6) is 0 Å².